The molecule has 0 fully saturated rings. The summed E-state index contributed by atoms with van der Waals surface area (Å²) in [5.74, 6) is 0. The Balaban J connectivity index is 0.000000302. The van der Waals surface area contributed by atoms with Crippen molar-refractivity contribution in [2.24, 2.45) is 0 Å². The van der Waals surface area contributed by atoms with Gasteiger partial charge >= 0.3 is 0 Å². The van der Waals surface area contributed by atoms with Crippen LogP contribution in [0.2, 0.25) is 0 Å². The van der Waals surface area contributed by atoms with Gasteiger partial charge in [-0.25, -0.2) is 0 Å². The number of nitrogens with zero attached hydrogens (tertiary/aromatic N) is 1. The summed E-state index contributed by atoms with van der Waals surface area (Å²) in [6.07, 6.45) is 5.64. The standard InChI is InChI=1S/C7H15NO.C7H5N/c1-2-3-4-5-6-8-7-9;8-6-7-4-2-1-3-5-7/h7H,2-6H2,1H3,(H,8,9);1-5H. The van der Waals surface area contributed by atoms with Crippen LogP contribution in [-0.2, 0) is 4.79 Å². The molecule has 1 amide bonds. The van der Waals surface area contributed by atoms with E-state index in [9.17, 15) is 4.79 Å². The number of hydrogen-bond donors (Lipinski definition) is 1. The zero-order valence-corrected chi connectivity index (χ0v) is 10.4. The lowest BCUT2D eigenvalue weighted by molar-refractivity contribution is -0.109. The molecule has 0 aliphatic heterocycles. The molecule has 0 aliphatic carbocycles. The second-order valence-corrected chi connectivity index (χ2v) is 3.61. The van der Waals surface area contributed by atoms with Gasteiger partial charge < -0.3 is 5.32 Å². The molecule has 1 rings (SSSR count). The van der Waals surface area contributed by atoms with Crippen molar-refractivity contribution < 1.29 is 4.79 Å². The predicted molar refractivity (Wildman–Crippen MR) is 69.4 cm³/mol. The Morgan fingerprint density at radius 2 is 1.94 bits per heavy atom. The summed E-state index contributed by atoms with van der Waals surface area (Å²) in [6, 6.07) is 11.2. The molecular weight excluding hydrogens is 212 g/mol. The van der Waals surface area contributed by atoms with Crippen molar-refractivity contribution >= 4 is 6.41 Å². The quantitative estimate of drug-likeness (QED) is 0.605. The van der Waals surface area contributed by atoms with Gasteiger partial charge in [0.2, 0.25) is 6.41 Å². The molecule has 0 radical (unpaired) electrons. The first-order chi connectivity index (χ1) is 8.35. The first-order valence-electron chi connectivity index (χ1n) is 5.97. The number of carbonyl (C=O) groups is 1. The molecule has 0 heterocycles. The van der Waals surface area contributed by atoms with Gasteiger partial charge in [0.25, 0.3) is 0 Å². The maximum Gasteiger partial charge on any atom is 0.207 e. The second kappa shape index (κ2) is 12.3. The predicted octanol–water partition coefficient (Wildman–Crippen LogP) is 2.87. The highest BCUT2D eigenvalue weighted by Crippen LogP contribution is 1.96. The average Bonchev–Trinajstić information content (AvgIpc) is 2.40. The molecule has 1 aromatic carbocycles. The Labute approximate surface area is 103 Å². The molecule has 3 nitrogen and oxygen atoms in total. The summed E-state index contributed by atoms with van der Waals surface area (Å²) >= 11 is 0. The van der Waals surface area contributed by atoms with E-state index in [1.54, 1.807) is 12.1 Å². The third-order valence-corrected chi connectivity index (χ3v) is 2.16. The lowest BCUT2D eigenvalue weighted by Gasteiger charge is -1.96. The highest BCUT2D eigenvalue weighted by Gasteiger charge is 1.84. The summed E-state index contributed by atoms with van der Waals surface area (Å²) in [4.78, 5) is 9.73. The molecule has 92 valence electrons. The van der Waals surface area contributed by atoms with Crippen LogP contribution in [0.5, 0.6) is 0 Å². The van der Waals surface area contributed by atoms with E-state index in [0.29, 0.717) is 5.56 Å². The number of nitrogens with one attached hydrogen (secondary N) is 1. The molecule has 3 heteroatoms. The van der Waals surface area contributed by atoms with Crippen molar-refractivity contribution in [3.63, 3.8) is 0 Å². The normalized spacial score (nSPS) is 8.47. The van der Waals surface area contributed by atoms with E-state index in [0.717, 1.165) is 19.4 Å². The lowest BCUT2D eigenvalue weighted by Crippen LogP contribution is -2.11. The number of benzene rings is 1. The van der Waals surface area contributed by atoms with Crippen molar-refractivity contribution in [1.29, 1.82) is 5.26 Å². The van der Waals surface area contributed by atoms with Crippen molar-refractivity contribution in [3.05, 3.63) is 35.9 Å². The summed E-state index contributed by atoms with van der Waals surface area (Å²) in [5, 5.41) is 10.9. The van der Waals surface area contributed by atoms with Gasteiger partial charge in [-0.1, -0.05) is 44.4 Å². The molecular formula is C14H20N2O. The molecule has 0 aliphatic rings. The van der Waals surface area contributed by atoms with Gasteiger partial charge in [-0.15, -0.1) is 0 Å². The third kappa shape index (κ3) is 10.5. The Morgan fingerprint density at radius 1 is 1.24 bits per heavy atom. The number of amides is 1. The largest absolute Gasteiger partial charge is 0.359 e. The minimum atomic E-state index is 0.715. The molecule has 0 saturated carbocycles. The third-order valence-electron chi connectivity index (χ3n) is 2.16. The SMILES string of the molecule is CCCCCCNC=O.N#Cc1ccccc1. The van der Waals surface area contributed by atoms with Crippen molar-refractivity contribution in [1.82, 2.24) is 5.32 Å². The Bertz CT molecular complexity index is 317. The minimum absolute atomic E-state index is 0.715. The summed E-state index contributed by atoms with van der Waals surface area (Å²) in [5.41, 5.74) is 0.715. The maximum absolute atomic E-state index is 9.73. The smallest absolute Gasteiger partial charge is 0.207 e. The minimum Gasteiger partial charge on any atom is -0.359 e. The first-order valence-corrected chi connectivity index (χ1v) is 5.97. The lowest BCUT2D eigenvalue weighted by atomic mass is 10.2. The monoisotopic (exact) mass is 232 g/mol. The van der Waals surface area contributed by atoms with Crippen LogP contribution in [0.15, 0.2) is 30.3 Å². The molecule has 0 atom stereocenters. The van der Waals surface area contributed by atoms with Crippen LogP contribution in [0.1, 0.15) is 38.2 Å². The molecule has 17 heavy (non-hydrogen) atoms. The van der Waals surface area contributed by atoms with E-state index < -0.39 is 0 Å². The Kier molecular flexibility index (Phi) is 10.9. The summed E-state index contributed by atoms with van der Waals surface area (Å²) < 4.78 is 0. The Hall–Kier alpha value is -1.82. The van der Waals surface area contributed by atoms with Crippen LogP contribution in [0.25, 0.3) is 0 Å². The van der Waals surface area contributed by atoms with E-state index in [2.05, 4.69) is 12.2 Å². The second-order valence-electron chi connectivity index (χ2n) is 3.61. The van der Waals surface area contributed by atoms with E-state index >= 15 is 0 Å². The number of carbonyl (C=O) groups excluding carboxylic acids is 1. The molecule has 1 N–H and O–H groups in total. The van der Waals surface area contributed by atoms with Crippen LogP contribution in [0, 0.1) is 11.3 Å². The van der Waals surface area contributed by atoms with Gasteiger partial charge in [0.15, 0.2) is 0 Å². The highest BCUT2D eigenvalue weighted by molar-refractivity contribution is 5.45. The fourth-order valence-electron chi connectivity index (χ4n) is 1.23. The van der Waals surface area contributed by atoms with Gasteiger partial charge in [0.05, 0.1) is 11.6 Å². The summed E-state index contributed by atoms with van der Waals surface area (Å²) in [6.45, 7) is 3.01. The number of rotatable bonds is 6. The summed E-state index contributed by atoms with van der Waals surface area (Å²) in [7, 11) is 0. The molecule has 0 bridgehead atoms. The molecule has 0 saturated heterocycles. The number of unbranched alkanes of at least 4 members (excludes halogenated alkanes) is 3. The highest BCUT2D eigenvalue weighted by atomic mass is 16.1. The van der Waals surface area contributed by atoms with Crippen molar-refractivity contribution in [2.75, 3.05) is 6.54 Å². The molecule has 0 unspecified atom stereocenters. The molecule has 1 aromatic rings. The van der Waals surface area contributed by atoms with Crippen LogP contribution in [0.4, 0.5) is 0 Å². The van der Waals surface area contributed by atoms with Crippen molar-refractivity contribution in [3.8, 4) is 6.07 Å². The van der Waals surface area contributed by atoms with Crippen LogP contribution in [0.3, 0.4) is 0 Å². The zero-order chi connectivity index (χ0) is 12.8. The van der Waals surface area contributed by atoms with Gasteiger partial charge in [-0.3, -0.25) is 4.79 Å². The molecule has 0 aromatic heterocycles. The fourth-order valence-corrected chi connectivity index (χ4v) is 1.23. The maximum atomic E-state index is 9.73. The van der Waals surface area contributed by atoms with E-state index in [1.807, 2.05) is 24.3 Å². The number of hydrogen-bond acceptors (Lipinski definition) is 2. The number of nitriles is 1. The average molecular weight is 232 g/mol. The fraction of sp³-hybridized carbons (Fsp3) is 0.429. The van der Waals surface area contributed by atoms with E-state index in [4.69, 9.17) is 5.26 Å². The van der Waals surface area contributed by atoms with Crippen molar-refractivity contribution in [2.45, 2.75) is 32.6 Å². The van der Waals surface area contributed by atoms with Gasteiger partial charge in [0.1, 0.15) is 0 Å². The molecule has 0 spiro atoms. The first kappa shape index (κ1) is 15.2. The zero-order valence-electron chi connectivity index (χ0n) is 10.4. The van der Waals surface area contributed by atoms with E-state index in [-0.39, 0.29) is 0 Å². The van der Waals surface area contributed by atoms with Gasteiger partial charge in [-0.05, 0) is 18.6 Å². The topological polar surface area (TPSA) is 52.9 Å². The van der Waals surface area contributed by atoms with Crippen LogP contribution < -0.4 is 5.32 Å². The van der Waals surface area contributed by atoms with Crippen LogP contribution >= 0.6 is 0 Å². The van der Waals surface area contributed by atoms with Gasteiger partial charge in [-0.2, -0.15) is 5.26 Å². The Morgan fingerprint density at radius 3 is 2.41 bits per heavy atom. The van der Waals surface area contributed by atoms with E-state index in [1.165, 1.54) is 19.3 Å². The van der Waals surface area contributed by atoms with Crippen LogP contribution in [-0.4, -0.2) is 13.0 Å². The van der Waals surface area contributed by atoms with Gasteiger partial charge in [0, 0.05) is 6.54 Å².